The molecule has 2 aromatic carbocycles. The van der Waals surface area contributed by atoms with E-state index in [0.717, 1.165) is 0 Å². The Hall–Kier alpha value is -2.83. The second-order valence-electron chi connectivity index (χ2n) is 7.07. The molecule has 0 amide bonds. The highest BCUT2D eigenvalue weighted by atomic mass is 35.5. The van der Waals surface area contributed by atoms with Gasteiger partial charge in [-0.15, -0.1) is 0 Å². The van der Waals surface area contributed by atoms with Crippen LogP contribution in [0.25, 0.3) is 27.9 Å². The third-order valence-electron chi connectivity index (χ3n) is 4.40. The molecular formula is C21H18Cl2N4O2. The molecule has 0 bridgehead atoms. The van der Waals surface area contributed by atoms with Crippen LogP contribution in [-0.2, 0) is 4.74 Å². The van der Waals surface area contributed by atoms with Gasteiger partial charge in [0.1, 0.15) is 16.9 Å². The molecule has 4 aromatic rings. The lowest BCUT2D eigenvalue weighted by Gasteiger charge is -2.10. The van der Waals surface area contributed by atoms with E-state index in [1.54, 1.807) is 22.8 Å². The van der Waals surface area contributed by atoms with E-state index in [0.29, 0.717) is 37.9 Å². The number of nitrogens with two attached hydrogens (primary N) is 1. The van der Waals surface area contributed by atoms with Gasteiger partial charge in [0.25, 0.3) is 0 Å². The predicted molar refractivity (Wildman–Crippen MR) is 116 cm³/mol. The molecule has 0 radical (unpaired) electrons. The molecule has 4 rings (SSSR count). The first kappa shape index (κ1) is 19.5. The molecule has 8 heteroatoms. The van der Waals surface area contributed by atoms with Gasteiger partial charge in [0.15, 0.2) is 5.65 Å². The number of benzene rings is 2. The van der Waals surface area contributed by atoms with Crippen LogP contribution in [0.4, 0.5) is 5.82 Å². The van der Waals surface area contributed by atoms with Crippen LogP contribution in [0.1, 0.15) is 24.2 Å². The van der Waals surface area contributed by atoms with Crippen LogP contribution in [-0.4, -0.2) is 27.1 Å². The second kappa shape index (κ2) is 7.54. The first-order chi connectivity index (χ1) is 13.9. The molecule has 0 aliphatic heterocycles. The Morgan fingerprint density at radius 3 is 2.52 bits per heavy atom. The molecule has 0 atom stereocenters. The lowest BCUT2D eigenvalue weighted by atomic mass is 10.2. The van der Waals surface area contributed by atoms with Gasteiger partial charge in [-0.3, -0.25) is 4.57 Å². The standard InChI is InChI=1S/C21H18Cl2N4O2/c1-11(2)10-29-21(28)17-18-20(26-15-6-4-3-5-14(15)25-18)27(19(17)24)16-9-12(22)7-8-13(16)23/h3-9,11H,10,24H2,1-2H3. The summed E-state index contributed by atoms with van der Waals surface area (Å²) >= 11 is 12.6. The first-order valence-electron chi connectivity index (χ1n) is 9.06. The maximum Gasteiger partial charge on any atom is 0.344 e. The fraction of sp³-hybridized carbons (Fsp3) is 0.190. The van der Waals surface area contributed by atoms with E-state index in [2.05, 4.69) is 4.98 Å². The van der Waals surface area contributed by atoms with Gasteiger partial charge < -0.3 is 10.5 Å². The van der Waals surface area contributed by atoms with E-state index < -0.39 is 5.97 Å². The number of hydrogen-bond acceptors (Lipinski definition) is 5. The van der Waals surface area contributed by atoms with Crippen molar-refractivity contribution in [2.24, 2.45) is 5.92 Å². The maximum absolute atomic E-state index is 12.9. The topological polar surface area (TPSA) is 83.0 Å². The van der Waals surface area contributed by atoms with Gasteiger partial charge in [-0.25, -0.2) is 14.8 Å². The predicted octanol–water partition coefficient (Wildman–Crippen LogP) is 5.28. The molecule has 2 aromatic heterocycles. The number of nitrogen functional groups attached to an aromatic ring is 1. The van der Waals surface area contributed by atoms with Gasteiger partial charge in [-0.1, -0.05) is 49.2 Å². The summed E-state index contributed by atoms with van der Waals surface area (Å²) < 4.78 is 7.03. The number of nitrogens with zero attached hydrogens (tertiary/aromatic N) is 3. The van der Waals surface area contributed by atoms with Gasteiger partial charge in [0.2, 0.25) is 0 Å². The first-order valence-corrected chi connectivity index (χ1v) is 9.81. The smallest absolute Gasteiger partial charge is 0.344 e. The summed E-state index contributed by atoms with van der Waals surface area (Å²) in [6.45, 7) is 4.18. The van der Waals surface area contributed by atoms with Crippen LogP contribution < -0.4 is 5.73 Å². The molecular weight excluding hydrogens is 411 g/mol. The average Bonchev–Trinajstić information content (AvgIpc) is 2.97. The summed E-state index contributed by atoms with van der Waals surface area (Å²) in [4.78, 5) is 22.2. The third-order valence-corrected chi connectivity index (χ3v) is 4.95. The fourth-order valence-electron chi connectivity index (χ4n) is 3.08. The number of carbonyl (C=O) groups excluding carboxylic acids is 1. The molecule has 29 heavy (non-hydrogen) atoms. The summed E-state index contributed by atoms with van der Waals surface area (Å²) in [6.07, 6.45) is 0. The van der Waals surface area contributed by atoms with E-state index in [9.17, 15) is 4.79 Å². The highest BCUT2D eigenvalue weighted by Crippen LogP contribution is 2.35. The van der Waals surface area contributed by atoms with Crippen molar-refractivity contribution in [2.75, 3.05) is 12.3 Å². The minimum absolute atomic E-state index is 0.147. The van der Waals surface area contributed by atoms with Gasteiger partial charge in [-0.05, 0) is 36.2 Å². The molecule has 0 aliphatic carbocycles. The number of rotatable bonds is 4. The number of carbonyl (C=O) groups is 1. The molecule has 2 N–H and O–H groups in total. The molecule has 0 saturated heterocycles. The van der Waals surface area contributed by atoms with Crippen LogP contribution in [0.15, 0.2) is 42.5 Å². The minimum Gasteiger partial charge on any atom is -0.462 e. The molecule has 0 saturated carbocycles. The zero-order chi connectivity index (χ0) is 20.7. The number of fused-ring (bicyclic) bond motifs is 2. The molecule has 0 aliphatic rings. The lowest BCUT2D eigenvalue weighted by Crippen LogP contribution is -2.12. The third kappa shape index (κ3) is 3.50. The zero-order valence-electron chi connectivity index (χ0n) is 15.8. The summed E-state index contributed by atoms with van der Waals surface area (Å²) in [5.41, 5.74) is 9.16. The van der Waals surface area contributed by atoms with Crippen molar-refractivity contribution in [3.8, 4) is 5.69 Å². The number of hydrogen-bond donors (Lipinski definition) is 1. The Kier molecular flexibility index (Phi) is 5.06. The molecule has 2 heterocycles. The molecule has 6 nitrogen and oxygen atoms in total. The largest absolute Gasteiger partial charge is 0.462 e. The molecule has 0 unspecified atom stereocenters. The lowest BCUT2D eigenvalue weighted by molar-refractivity contribution is 0.0462. The number of para-hydroxylation sites is 2. The Morgan fingerprint density at radius 1 is 1.14 bits per heavy atom. The van der Waals surface area contributed by atoms with Crippen LogP contribution in [0, 0.1) is 5.92 Å². The highest BCUT2D eigenvalue weighted by Gasteiger charge is 2.27. The zero-order valence-corrected chi connectivity index (χ0v) is 17.3. The number of ether oxygens (including phenoxy) is 1. The Bertz CT molecular complexity index is 1250. The summed E-state index contributed by atoms with van der Waals surface area (Å²) in [5, 5.41) is 0.887. The monoisotopic (exact) mass is 428 g/mol. The van der Waals surface area contributed by atoms with Crippen LogP contribution in [0.2, 0.25) is 10.0 Å². The van der Waals surface area contributed by atoms with E-state index in [4.69, 9.17) is 38.7 Å². The van der Waals surface area contributed by atoms with Crippen molar-refractivity contribution in [3.05, 3.63) is 58.1 Å². The maximum atomic E-state index is 12.9. The van der Waals surface area contributed by atoms with Crippen molar-refractivity contribution in [2.45, 2.75) is 13.8 Å². The quantitative estimate of drug-likeness (QED) is 0.447. The summed E-state index contributed by atoms with van der Waals surface area (Å²) in [6, 6.07) is 12.4. The van der Waals surface area contributed by atoms with Crippen molar-refractivity contribution < 1.29 is 9.53 Å². The molecule has 0 fully saturated rings. The van der Waals surface area contributed by atoms with Crippen molar-refractivity contribution in [1.82, 2.24) is 14.5 Å². The Balaban J connectivity index is 2.04. The fourth-order valence-corrected chi connectivity index (χ4v) is 3.45. The van der Waals surface area contributed by atoms with Crippen molar-refractivity contribution in [3.63, 3.8) is 0 Å². The number of esters is 1. The highest BCUT2D eigenvalue weighted by molar-refractivity contribution is 6.34. The normalized spacial score (nSPS) is 11.5. The van der Waals surface area contributed by atoms with Gasteiger partial charge in [0.05, 0.1) is 28.4 Å². The minimum atomic E-state index is -0.553. The van der Waals surface area contributed by atoms with Crippen LogP contribution >= 0.6 is 23.2 Å². The second-order valence-corrected chi connectivity index (χ2v) is 7.91. The van der Waals surface area contributed by atoms with Crippen molar-refractivity contribution in [1.29, 1.82) is 0 Å². The van der Waals surface area contributed by atoms with E-state index in [1.165, 1.54) is 0 Å². The van der Waals surface area contributed by atoms with Crippen LogP contribution in [0.3, 0.4) is 0 Å². The van der Waals surface area contributed by atoms with Gasteiger partial charge in [0, 0.05) is 5.02 Å². The Labute approximate surface area is 177 Å². The number of halogens is 2. The van der Waals surface area contributed by atoms with Gasteiger partial charge >= 0.3 is 5.97 Å². The van der Waals surface area contributed by atoms with Gasteiger partial charge in [-0.2, -0.15) is 0 Å². The van der Waals surface area contributed by atoms with E-state index in [-0.39, 0.29) is 23.9 Å². The average molecular weight is 429 g/mol. The molecule has 0 spiro atoms. The summed E-state index contributed by atoms with van der Waals surface area (Å²) in [5.74, 6) is -0.223. The van der Waals surface area contributed by atoms with E-state index >= 15 is 0 Å². The Morgan fingerprint density at radius 2 is 1.83 bits per heavy atom. The number of anilines is 1. The van der Waals surface area contributed by atoms with Crippen LogP contribution in [0.5, 0.6) is 0 Å². The summed E-state index contributed by atoms with van der Waals surface area (Å²) in [7, 11) is 0. The van der Waals surface area contributed by atoms with E-state index in [1.807, 2.05) is 38.1 Å². The number of aromatic nitrogens is 3. The van der Waals surface area contributed by atoms with Crippen molar-refractivity contribution >= 4 is 57.2 Å². The SMILES string of the molecule is CC(C)COC(=O)c1c(N)n(-c2cc(Cl)ccc2Cl)c2nc3ccccc3nc12. The molecule has 148 valence electrons.